The van der Waals surface area contributed by atoms with E-state index in [1.54, 1.807) is 18.2 Å². The van der Waals surface area contributed by atoms with E-state index in [1.165, 1.54) is 6.07 Å². The molecule has 0 unspecified atom stereocenters. The molecule has 0 spiro atoms. The van der Waals surface area contributed by atoms with Crippen molar-refractivity contribution < 1.29 is 14.8 Å². The molecule has 1 aliphatic rings. The first-order valence-corrected chi connectivity index (χ1v) is 5.51. The molecule has 1 aromatic rings. The third kappa shape index (κ3) is 2.27. The SMILES string of the molecule is O=C(O)C1(CCc2ccccc2[N+](=O)[O-])CC1. The van der Waals surface area contributed by atoms with Crippen molar-refractivity contribution in [3.05, 3.63) is 39.9 Å². The number of rotatable bonds is 5. The smallest absolute Gasteiger partial charge is 0.309 e. The van der Waals surface area contributed by atoms with Crippen molar-refractivity contribution in [3.63, 3.8) is 0 Å². The minimum Gasteiger partial charge on any atom is -0.481 e. The summed E-state index contributed by atoms with van der Waals surface area (Å²) in [6.07, 6.45) is 2.29. The molecule has 0 radical (unpaired) electrons. The molecule has 0 aliphatic heterocycles. The van der Waals surface area contributed by atoms with Crippen LogP contribution in [0, 0.1) is 15.5 Å². The van der Waals surface area contributed by atoms with E-state index in [4.69, 9.17) is 5.11 Å². The highest BCUT2D eigenvalue weighted by Gasteiger charge is 2.49. The van der Waals surface area contributed by atoms with Crippen molar-refractivity contribution in [2.45, 2.75) is 25.7 Å². The summed E-state index contributed by atoms with van der Waals surface area (Å²) in [6.45, 7) is 0. The second-order valence-electron chi connectivity index (χ2n) is 4.47. The van der Waals surface area contributed by atoms with E-state index in [-0.39, 0.29) is 5.69 Å². The van der Waals surface area contributed by atoms with Crippen LogP contribution in [0.25, 0.3) is 0 Å². The van der Waals surface area contributed by atoms with Gasteiger partial charge in [-0.3, -0.25) is 14.9 Å². The van der Waals surface area contributed by atoms with Crippen LogP contribution in [-0.2, 0) is 11.2 Å². The van der Waals surface area contributed by atoms with Gasteiger partial charge in [-0.15, -0.1) is 0 Å². The van der Waals surface area contributed by atoms with Crippen LogP contribution in [-0.4, -0.2) is 16.0 Å². The second-order valence-corrected chi connectivity index (χ2v) is 4.47. The van der Waals surface area contributed by atoms with Gasteiger partial charge in [0.05, 0.1) is 10.3 Å². The Morgan fingerprint density at radius 2 is 2.06 bits per heavy atom. The molecule has 0 amide bonds. The molecule has 1 aliphatic carbocycles. The molecule has 1 aromatic carbocycles. The monoisotopic (exact) mass is 235 g/mol. The molecule has 1 fully saturated rings. The summed E-state index contributed by atoms with van der Waals surface area (Å²) in [5.74, 6) is -0.781. The van der Waals surface area contributed by atoms with E-state index in [2.05, 4.69) is 0 Å². The van der Waals surface area contributed by atoms with E-state index in [9.17, 15) is 14.9 Å². The number of aliphatic carboxylic acids is 1. The first-order chi connectivity index (χ1) is 8.05. The van der Waals surface area contributed by atoms with Crippen LogP contribution in [0.4, 0.5) is 5.69 Å². The van der Waals surface area contributed by atoms with Gasteiger partial charge in [0.25, 0.3) is 5.69 Å². The summed E-state index contributed by atoms with van der Waals surface area (Å²) in [5, 5.41) is 19.8. The number of carbonyl (C=O) groups is 1. The van der Waals surface area contributed by atoms with E-state index in [0.29, 0.717) is 31.2 Å². The summed E-state index contributed by atoms with van der Waals surface area (Å²) >= 11 is 0. The molecular weight excluding hydrogens is 222 g/mol. The third-order valence-corrected chi connectivity index (χ3v) is 3.37. The average Bonchev–Trinajstić information content (AvgIpc) is 3.07. The molecule has 0 saturated heterocycles. The zero-order valence-electron chi connectivity index (χ0n) is 9.26. The Morgan fingerprint density at radius 1 is 1.41 bits per heavy atom. The fraction of sp³-hybridized carbons (Fsp3) is 0.417. The highest BCUT2D eigenvalue weighted by molar-refractivity contribution is 5.77. The maximum absolute atomic E-state index is 11.0. The predicted octanol–water partition coefficient (Wildman–Crippen LogP) is 2.39. The Morgan fingerprint density at radius 3 is 2.59 bits per heavy atom. The lowest BCUT2D eigenvalue weighted by Crippen LogP contribution is -2.15. The Kier molecular flexibility index (Phi) is 2.83. The van der Waals surface area contributed by atoms with Gasteiger partial charge in [-0.25, -0.2) is 0 Å². The van der Waals surface area contributed by atoms with Gasteiger partial charge in [0.1, 0.15) is 0 Å². The summed E-state index contributed by atoms with van der Waals surface area (Å²) in [5.41, 5.74) is 0.0719. The van der Waals surface area contributed by atoms with Gasteiger partial charge in [0.2, 0.25) is 0 Å². The molecular formula is C12H13NO4. The maximum atomic E-state index is 11.0. The van der Waals surface area contributed by atoms with Crippen molar-refractivity contribution in [1.29, 1.82) is 0 Å². The van der Waals surface area contributed by atoms with E-state index >= 15 is 0 Å². The van der Waals surface area contributed by atoms with Crippen LogP contribution in [0.15, 0.2) is 24.3 Å². The largest absolute Gasteiger partial charge is 0.481 e. The number of nitro groups is 1. The number of nitro benzene ring substituents is 1. The Labute approximate surface area is 98.2 Å². The van der Waals surface area contributed by atoms with Gasteiger partial charge in [0.15, 0.2) is 0 Å². The van der Waals surface area contributed by atoms with Crippen LogP contribution in [0.5, 0.6) is 0 Å². The third-order valence-electron chi connectivity index (χ3n) is 3.37. The highest BCUT2D eigenvalue weighted by Crippen LogP contribution is 2.49. The fourth-order valence-corrected chi connectivity index (χ4v) is 2.00. The van der Waals surface area contributed by atoms with Gasteiger partial charge in [0, 0.05) is 11.6 Å². The normalized spacial score (nSPS) is 16.5. The average molecular weight is 235 g/mol. The van der Waals surface area contributed by atoms with Crippen molar-refractivity contribution >= 4 is 11.7 Å². The standard InChI is InChI=1S/C12H13NO4/c14-11(15)12(7-8-12)6-5-9-3-1-2-4-10(9)13(16)17/h1-4H,5-8H2,(H,14,15). The molecule has 5 nitrogen and oxygen atoms in total. The lowest BCUT2D eigenvalue weighted by molar-refractivity contribution is -0.385. The molecule has 0 bridgehead atoms. The maximum Gasteiger partial charge on any atom is 0.309 e. The first kappa shape index (κ1) is 11.6. The molecule has 90 valence electrons. The van der Waals surface area contributed by atoms with E-state index in [1.807, 2.05) is 0 Å². The molecule has 0 heterocycles. The molecule has 5 heteroatoms. The zero-order chi connectivity index (χ0) is 12.5. The predicted molar refractivity (Wildman–Crippen MR) is 60.7 cm³/mol. The van der Waals surface area contributed by atoms with Crippen LogP contribution in [0.1, 0.15) is 24.8 Å². The van der Waals surface area contributed by atoms with Crippen molar-refractivity contribution in [2.24, 2.45) is 5.41 Å². The number of hydrogen-bond donors (Lipinski definition) is 1. The first-order valence-electron chi connectivity index (χ1n) is 5.51. The van der Waals surface area contributed by atoms with Crippen LogP contribution < -0.4 is 0 Å². The van der Waals surface area contributed by atoms with Crippen molar-refractivity contribution in [3.8, 4) is 0 Å². The highest BCUT2D eigenvalue weighted by atomic mass is 16.6. The minimum absolute atomic E-state index is 0.0775. The van der Waals surface area contributed by atoms with Crippen LogP contribution >= 0.6 is 0 Å². The number of aryl methyl sites for hydroxylation is 1. The lowest BCUT2D eigenvalue weighted by atomic mass is 9.96. The van der Waals surface area contributed by atoms with Gasteiger partial charge in [-0.05, 0) is 25.7 Å². The quantitative estimate of drug-likeness (QED) is 0.627. The van der Waals surface area contributed by atoms with Crippen LogP contribution in [0.3, 0.4) is 0 Å². The molecule has 1 saturated carbocycles. The topological polar surface area (TPSA) is 80.4 Å². The lowest BCUT2D eigenvalue weighted by Gasteiger charge is -2.09. The van der Waals surface area contributed by atoms with Crippen LogP contribution in [0.2, 0.25) is 0 Å². The van der Waals surface area contributed by atoms with E-state index in [0.717, 1.165) is 0 Å². The Hall–Kier alpha value is -1.91. The molecule has 0 aromatic heterocycles. The number of hydrogen-bond acceptors (Lipinski definition) is 3. The van der Waals surface area contributed by atoms with E-state index < -0.39 is 16.3 Å². The van der Waals surface area contributed by atoms with Gasteiger partial charge < -0.3 is 5.11 Å². The van der Waals surface area contributed by atoms with Gasteiger partial charge in [-0.2, -0.15) is 0 Å². The summed E-state index contributed by atoms with van der Waals surface area (Å²) in [7, 11) is 0. The van der Waals surface area contributed by atoms with Gasteiger partial charge >= 0.3 is 5.97 Å². The zero-order valence-corrected chi connectivity index (χ0v) is 9.26. The number of carboxylic acid groups (broad SMARTS) is 1. The number of para-hydroxylation sites is 1. The van der Waals surface area contributed by atoms with Gasteiger partial charge in [-0.1, -0.05) is 18.2 Å². The molecule has 17 heavy (non-hydrogen) atoms. The molecule has 0 atom stereocenters. The minimum atomic E-state index is -0.781. The summed E-state index contributed by atoms with van der Waals surface area (Å²) in [4.78, 5) is 21.4. The van der Waals surface area contributed by atoms with Crippen molar-refractivity contribution in [1.82, 2.24) is 0 Å². The number of benzene rings is 1. The Bertz CT molecular complexity index is 465. The molecule has 1 N–H and O–H groups in total. The summed E-state index contributed by atoms with van der Waals surface area (Å²) in [6, 6.07) is 6.50. The summed E-state index contributed by atoms with van der Waals surface area (Å²) < 4.78 is 0. The second kappa shape index (κ2) is 4.16. The number of carboxylic acids is 1. The number of nitrogens with zero attached hydrogens (tertiary/aromatic N) is 1. The Balaban J connectivity index is 2.09. The fourth-order valence-electron chi connectivity index (χ4n) is 2.00. The van der Waals surface area contributed by atoms with Crippen molar-refractivity contribution in [2.75, 3.05) is 0 Å². The molecule has 2 rings (SSSR count).